The van der Waals surface area contributed by atoms with Crippen LogP contribution in [0.25, 0.3) is 0 Å². The molecule has 0 spiro atoms. The third-order valence-electron chi connectivity index (χ3n) is 3.82. The molecular formula is C16H24BrNO. The Labute approximate surface area is 125 Å². The van der Waals surface area contributed by atoms with E-state index in [2.05, 4.69) is 54.2 Å². The van der Waals surface area contributed by atoms with E-state index in [1.807, 2.05) is 0 Å². The first-order valence-electron chi connectivity index (χ1n) is 7.02. The lowest BCUT2D eigenvalue weighted by atomic mass is 9.85. The Morgan fingerprint density at radius 2 is 2.11 bits per heavy atom. The van der Waals surface area contributed by atoms with Gasteiger partial charge in [-0.1, -0.05) is 26.8 Å². The minimum absolute atomic E-state index is 0.159. The van der Waals surface area contributed by atoms with Crippen molar-refractivity contribution in [2.45, 2.75) is 51.5 Å². The van der Waals surface area contributed by atoms with Crippen molar-refractivity contribution in [1.29, 1.82) is 0 Å². The molecule has 3 heteroatoms. The molecule has 1 heterocycles. The second kappa shape index (κ2) is 5.84. The van der Waals surface area contributed by atoms with E-state index in [9.17, 15) is 0 Å². The number of benzene rings is 1. The average Bonchev–Trinajstić information content (AvgIpc) is 2.80. The molecule has 19 heavy (non-hydrogen) atoms. The van der Waals surface area contributed by atoms with Crippen molar-refractivity contribution in [2.75, 3.05) is 13.7 Å². The van der Waals surface area contributed by atoms with Crippen molar-refractivity contribution < 1.29 is 4.74 Å². The molecule has 2 nitrogen and oxygen atoms in total. The predicted molar refractivity (Wildman–Crippen MR) is 84.1 cm³/mol. The van der Waals surface area contributed by atoms with Gasteiger partial charge in [0.15, 0.2) is 0 Å². The fourth-order valence-corrected chi connectivity index (χ4v) is 3.32. The van der Waals surface area contributed by atoms with Gasteiger partial charge in [-0.15, -0.1) is 0 Å². The van der Waals surface area contributed by atoms with Crippen molar-refractivity contribution in [3.05, 3.63) is 27.7 Å². The van der Waals surface area contributed by atoms with Crippen LogP contribution < -0.4 is 10.1 Å². The molecule has 0 amide bonds. The second-order valence-electron chi connectivity index (χ2n) is 6.40. The van der Waals surface area contributed by atoms with Crippen LogP contribution in [-0.4, -0.2) is 19.7 Å². The van der Waals surface area contributed by atoms with Gasteiger partial charge >= 0.3 is 0 Å². The van der Waals surface area contributed by atoms with E-state index in [4.69, 9.17) is 4.74 Å². The number of methoxy groups -OCH3 is 1. The van der Waals surface area contributed by atoms with Crippen LogP contribution in [0.1, 0.15) is 44.7 Å². The summed E-state index contributed by atoms with van der Waals surface area (Å²) in [6, 6.07) is 5.09. The number of hydrogen-bond acceptors (Lipinski definition) is 2. The zero-order valence-electron chi connectivity index (χ0n) is 12.3. The van der Waals surface area contributed by atoms with Crippen LogP contribution in [-0.2, 0) is 11.8 Å². The fraction of sp³-hybridized carbons (Fsp3) is 0.625. The van der Waals surface area contributed by atoms with E-state index >= 15 is 0 Å². The van der Waals surface area contributed by atoms with Gasteiger partial charge in [0.25, 0.3) is 0 Å². The third kappa shape index (κ3) is 3.51. The Hall–Kier alpha value is -0.540. The van der Waals surface area contributed by atoms with Crippen molar-refractivity contribution in [3.8, 4) is 5.75 Å². The lowest BCUT2D eigenvalue weighted by Gasteiger charge is -2.23. The molecular weight excluding hydrogens is 302 g/mol. The topological polar surface area (TPSA) is 21.3 Å². The van der Waals surface area contributed by atoms with Gasteiger partial charge in [-0.2, -0.15) is 0 Å². The van der Waals surface area contributed by atoms with E-state index in [-0.39, 0.29) is 5.41 Å². The summed E-state index contributed by atoms with van der Waals surface area (Å²) in [5, 5.41) is 3.56. The Bertz CT molecular complexity index is 445. The average molecular weight is 326 g/mol. The van der Waals surface area contributed by atoms with Gasteiger partial charge in [-0.05, 0) is 64.3 Å². The molecule has 1 atom stereocenters. The predicted octanol–water partition coefficient (Wildman–Crippen LogP) is 4.05. The van der Waals surface area contributed by atoms with Crippen molar-refractivity contribution in [2.24, 2.45) is 0 Å². The summed E-state index contributed by atoms with van der Waals surface area (Å²) in [5.74, 6) is 0.988. The molecule has 106 valence electrons. The molecule has 1 N–H and O–H groups in total. The van der Waals surface area contributed by atoms with Crippen LogP contribution in [0.5, 0.6) is 5.75 Å². The quantitative estimate of drug-likeness (QED) is 0.905. The summed E-state index contributed by atoms with van der Waals surface area (Å²) in [6.07, 6.45) is 3.60. The minimum atomic E-state index is 0.159. The highest BCUT2D eigenvalue weighted by Gasteiger charge is 2.21. The number of hydrogen-bond donors (Lipinski definition) is 1. The molecule has 0 saturated carbocycles. The van der Waals surface area contributed by atoms with Gasteiger partial charge in [0.05, 0.1) is 11.6 Å². The molecule has 0 aliphatic carbocycles. The molecule has 2 rings (SSSR count). The maximum absolute atomic E-state index is 5.58. The third-order valence-corrected chi connectivity index (χ3v) is 4.41. The first-order chi connectivity index (χ1) is 8.91. The highest BCUT2D eigenvalue weighted by atomic mass is 79.9. The number of rotatable bonds is 3. The van der Waals surface area contributed by atoms with E-state index in [1.54, 1.807) is 7.11 Å². The SMILES string of the molecule is COc1c(Br)cc(C(C)(C)C)cc1CC1CCCN1. The smallest absolute Gasteiger partial charge is 0.136 e. The lowest BCUT2D eigenvalue weighted by Crippen LogP contribution is -2.24. The summed E-state index contributed by atoms with van der Waals surface area (Å²) in [5.41, 5.74) is 2.82. The first kappa shape index (κ1) is 14.9. The summed E-state index contributed by atoms with van der Waals surface area (Å²) < 4.78 is 6.64. The highest BCUT2D eigenvalue weighted by molar-refractivity contribution is 9.10. The molecule has 0 bridgehead atoms. The van der Waals surface area contributed by atoms with Crippen LogP contribution in [0, 0.1) is 0 Å². The number of halogens is 1. The van der Waals surface area contributed by atoms with Crippen LogP contribution in [0.2, 0.25) is 0 Å². The maximum atomic E-state index is 5.58. The summed E-state index contributed by atoms with van der Waals surface area (Å²) in [4.78, 5) is 0. The summed E-state index contributed by atoms with van der Waals surface area (Å²) in [6.45, 7) is 7.89. The molecule has 1 aromatic rings. The Morgan fingerprint density at radius 3 is 2.63 bits per heavy atom. The van der Waals surface area contributed by atoms with Gasteiger partial charge in [-0.3, -0.25) is 0 Å². The number of ether oxygens (including phenoxy) is 1. The zero-order chi connectivity index (χ0) is 14.0. The first-order valence-corrected chi connectivity index (χ1v) is 7.81. The van der Waals surface area contributed by atoms with Crippen LogP contribution in [0.15, 0.2) is 16.6 Å². The minimum Gasteiger partial charge on any atom is -0.495 e. The second-order valence-corrected chi connectivity index (χ2v) is 7.25. The van der Waals surface area contributed by atoms with Gasteiger partial charge in [0, 0.05) is 6.04 Å². The normalized spacial score (nSPS) is 19.7. The maximum Gasteiger partial charge on any atom is 0.136 e. The fourth-order valence-electron chi connectivity index (χ4n) is 2.66. The molecule has 0 radical (unpaired) electrons. The van der Waals surface area contributed by atoms with Crippen LogP contribution in [0.4, 0.5) is 0 Å². The lowest BCUT2D eigenvalue weighted by molar-refractivity contribution is 0.403. The molecule has 1 unspecified atom stereocenters. The molecule has 0 aromatic heterocycles. The monoisotopic (exact) mass is 325 g/mol. The van der Waals surface area contributed by atoms with E-state index in [0.29, 0.717) is 6.04 Å². The van der Waals surface area contributed by atoms with Crippen molar-refractivity contribution >= 4 is 15.9 Å². The number of nitrogens with one attached hydrogen (secondary N) is 1. The van der Waals surface area contributed by atoms with Gasteiger partial charge < -0.3 is 10.1 Å². The Morgan fingerprint density at radius 1 is 1.37 bits per heavy atom. The Kier molecular flexibility index (Phi) is 4.57. The van der Waals surface area contributed by atoms with Gasteiger partial charge in [0.2, 0.25) is 0 Å². The largest absolute Gasteiger partial charge is 0.495 e. The van der Waals surface area contributed by atoms with Crippen LogP contribution in [0.3, 0.4) is 0 Å². The Balaban J connectivity index is 2.35. The van der Waals surface area contributed by atoms with Crippen molar-refractivity contribution in [1.82, 2.24) is 5.32 Å². The van der Waals surface area contributed by atoms with Gasteiger partial charge in [0.1, 0.15) is 5.75 Å². The standard InChI is InChI=1S/C16H24BrNO/c1-16(2,3)12-8-11(9-13-6-5-7-18-13)15(19-4)14(17)10-12/h8,10,13,18H,5-7,9H2,1-4H3. The van der Waals surface area contributed by atoms with E-state index in [1.165, 1.54) is 24.0 Å². The molecule has 1 fully saturated rings. The summed E-state index contributed by atoms with van der Waals surface area (Å²) in [7, 11) is 1.75. The van der Waals surface area contributed by atoms with Crippen molar-refractivity contribution in [3.63, 3.8) is 0 Å². The zero-order valence-corrected chi connectivity index (χ0v) is 13.9. The molecule has 1 aliphatic heterocycles. The summed E-state index contributed by atoms with van der Waals surface area (Å²) >= 11 is 3.65. The highest BCUT2D eigenvalue weighted by Crippen LogP contribution is 2.36. The molecule has 1 aliphatic rings. The van der Waals surface area contributed by atoms with Crippen LogP contribution >= 0.6 is 15.9 Å². The van der Waals surface area contributed by atoms with E-state index < -0.39 is 0 Å². The molecule has 1 saturated heterocycles. The van der Waals surface area contributed by atoms with Gasteiger partial charge in [-0.25, -0.2) is 0 Å². The molecule has 1 aromatic carbocycles. The van der Waals surface area contributed by atoms with E-state index in [0.717, 1.165) is 23.2 Å².